The van der Waals surface area contributed by atoms with Crippen LogP contribution >= 0.6 is 0 Å². The van der Waals surface area contributed by atoms with Crippen molar-refractivity contribution in [2.75, 3.05) is 0 Å². The van der Waals surface area contributed by atoms with Gasteiger partial charge in [-0.15, -0.1) is 0 Å². The first-order valence-corrected chi connectivity index (χ1v) is 4.82. The third-order valence-corrected chi connectivity index (χ3v) is 1.82. The average Bonchev–Trinajstić information content (AvgIpc) is 2.14. The molecule has 76 valence electrons. The van der Waals surface area contributed by atoms with Crippen molar-refractivity contribution in [3.8, 4) is 17.9 Å². The third-order valence-electron chi connectivity index (χ3n) is 1.82. The molecule has 0 aliphatic carbocycles. The minimum atomic E-state index is -0.0531. The molecule has 0 bridgehead atoms. The largest absolute Gasteiger partial charge is 0.263 e. The Morgan fingerprint density at radius 1 is 1.27 bits per heavy atom. The van der Waals surface area contributed by atoms with E-state index in [4.69, 9.17) is 5.26 Å². The molecule has 0 aliphatic rings. The van der Waals surface area contributed by atoms with Crippen LogP contribution in [0.4, 0.5) is 0 Å². The van der Waals surface area contributed by atoms with E-state index >= 15 is 0 Å². The van der Waals surface area contributed by atoms with Gasteiger partial charge < -0.3 is 0 Å². The number of aryl methyl sites for hydroxylation is 1. The van der Waals surface area contributed by atoms with E-state index in [1.807, 2.05) is 27.7 Å². The fourth-order valence-electron chi connectivity index (χ4n) is 1.07. The van der Waals surface area contributed by atoms with Gasteiger partial charge in [0.2, 0.25) is 0 Å². The Morgan fingerprint density at radius 2 is 1.93 bits per heavy atom. The van der Waals surface area contributed by atoms with E-state index < -0.39 is 0 Å². The van der Waals surface area contributed by atoms with E-state index in [-0.39, 0.29) is 5.41 Å². The van der Waals surface area contributed by atoms with Gasteiger partial charge in [0, 0.05) is 23.4 Å². The summed E-state index contributed by atoms with van der Waals surface area (Å²) in [5.41, 5.74) is 2.24. The van der Waals surface area contributed by atoms with Gasteiger partial charge in [0.25, 0.3) is 0 Å². The topological polar surface area (TPSA) is 36.7 Å². The Hall–Kier alpha value is -1.80. The maximum absolute atomic E-state index is 8.91. The van der Waals surface area contributed by atoms with Gasteiger partial charge in [-0.05, 0) is 33.3 Å². The van der Waals surface area contributed by atoms with Crippen LogP contribution in [0.25, 0.3) is 0 Å². The Morgan fingerprint density at radius 3 is 2.47 bits per heavy atom. The van der Waals surface area contributed by atoms with E-state index in [2.05, 4.69) is 22.9 Å². The van der Waals surface area contributed by atoms with Crippen molar-refractivity contribution in [3.05, 3.63) is 29.1 Å². The van der Waals surface area contributed by atoms with Crippen LogP contribution in [0.3, 0.4) is 0 Å². The van der Waals surface area contributed by atoms with Gasteiger partial charge in [-0.2, -0.15) is 5.26 Å². The second-order valence-corrected chi connectivity index (χ2v) is 4.49. The third kappa shape index (κ3) is 3.11. The molecule has 2 nitrogen and oxygen atoms in total. The van der Waals surface area contributed by atoms with Crippen LogP contribution in [-0.4, -0.2) is 4.98 Å². The normalized spacial score (nSPS) is 10.1. The zero-order valence-corrected chi connectivity index (χ0v) is 9.55. The molecule has 0 N–H and O–H groups in total. The van der Waals surface area contributed by atoms with Gasteiger partial charge >= 0.3 is 0 Å². The molecule has 1 aromatic heterocycles. The van der Waals surface area contributed by atoms with Crippen molar-refractivity contribution in [2.24, 2.45) is 5.41 Å². The van der Waals surface area contributed by atoms with Crippen molar-refractivity contribution in [1.82, 2.24) is 4.98 Å². The first-order chi connectivity index (χ1) is 6.94. The van der Waals surface area contributed by atoms with Gasteiger partial charge in [-0.1, -0.05) is 11.8 Å². The minimum Gasteiger partial charge on any atom is -0.263 e. The highest BCUT2D eigenvalue weighted by molar-refractivity contribution is 5.50. The highest BCUT2D eigenvalue weighted by Gasteiger charge is 2.06. The van der Waals surface area contributed by atoms with E-state index in [1.54, 1.807) is 12.4 Å². The molecular formula is C13H14N2. The second kappa shape index (κ2) is 4.15. The summed E-state index contributed by atoms with van der Waals surface area (Å²) in [5.74, 6) is 6.18. The standard InChI is InChI=1S/C13H14N2/c1-10-8-15-9-11(7-14)12(10)5-6-13(2,3)4/h8-9H,1-4H3. The summed E-state index contributed by atoms with van der Waals surface area (Å²) in [7, 11) is 0. The van der Waals surface area contributed by atoms with Gasteiger partial charge in [-0.3, -0.25) is 4.98 Å². The second-order valence-electron chi connectivity index (χ2n) is 4.49. The molecule has 1 aromatic rings. The van der Waals surface area contributed by atoms with Crippen molar-refractivity contribution in [3.63, 3.8) is 0 Å². The molecule has 0 amide bonds. The van der Waals surface area contributed by atoms with Gasteiger partial charge in [0.05, 0.1) is 5.56 Å². The Kier molecular flexibility index (Phi) is 3.12. The van der Waals surface area contributed by atoms with Crippen LogP contribution in [0.15, 0.2) is 12.4 Å². The van der Waals surface area contributed by atoms with Crippen LogP contribution in [0, 0.1) is 35.5 Å². The molecule has 2 heteroatoms. The number of nitrogens with zero attached hydrogens (tertiary/aromatic N) is 2. The predicted octanol–water partition coefficient (Wildman–Crippen LogP) is 2.66. The van der Waals surface area contributed by atoms with E-state index in [9.17, 15) is 0 Å². The molecule has 0 unspecified atom stereocenters. The summed E-state index contributed by atoms with van der Waals surface area (Å²) in [6.07, 6.45) is 3.28. The molecule has 0 aromatic carbocycles. The van der Waals surface area contributed by atoms with Crippen molar-refractivity contribution in [1.29, 1.82) is 5.26 Å². The Bertz CT molecular complexity index is 462. The highest BCUT2D eigenvalue weighted by atomic mass is 14.6. The maximum Gasteiger partial charge on any atom is 0.102 e. The van der Waals surface area contributed by atoms with E-state index in [1.165, 1.54) is 0 Å². The zero-order chi connectivity index (χ0) is 11.5. The fourth-order valence-corrected chi connectivity index (χ4v) is 1.07. The molecule has 1 heterocycles. The summed E-state index contributed by atoms with van der Waals surface area (Å²) in [4.78, 5) is 3.97. The molecule has 0 saturated carbocycles. The molecule has 1 rings (SSSR count). The van der Waals surface area contributed by atoms with E-state index in [0.29, 0.717) is 5.56 Å². The van der Waals surface area contributed by atoms with Crippen molar-refractivity contribution < 1.29 is 0 Å². The minimum absolute atomic E-state index is 0.0531. The zero-order valence-electron chi connectivity index (χ0n) is 9.55. The number of pyridine rings is 1. The Balaban J connectivity index is 3.25. The van der Waals surface area contributed by atoms with Crippen LogP contribution < -0.4 is 0 Å². The van der Waals surface area contributed by atoms with Crippen LogP contribution in [0.5, 0.6) is 0 Å². The Labute approximate surface area is 91.0 Å². The first-order valence-electron chi connectivity index (χ1n) is 4.82. The fraction of sp³-hybridized carbons (Fsp3) is 0.385. The monoisotopic (exact) mass is 198 g/mol. The van der Waals surface area contributed by atoms with Gasteiger partial charge in [0.15, 0.2) is 0 Å². The SMILES string of the molecule is Cc1cncc(C#N)c1C#CC(C)(C)C. The van der Waals surface area contributed by atoms with Crippen molar-refractivity contribution in [2.45, 2.75) is 27.7 Å². The first kappa shape index (κ1) is 11.3. The number of nitriles is 1. The molecular weight excluding hydrogens is 184 g/mol. The maximum atomic E-state index is 8.91. The van der Waals surface area contributed by atoms with Gasteiger partial charge in [0.1, 0.15) is 6.07 Å². The molecule has 0 atom stereocenters. The number of hydrogen-bond donors (Lipinski definition) is 0. The highest BCUT2D eigenvalue weighted by Crippen LogP contribution is 2.14. The quantitative estimate of drug-likeness (QED) is 0.601. The lowest BCUT2D eigenvalue weighted by Crippen LogP contribution is -2.00. The van der Waals surface area contributed by atoms with E-state index in [0.717, 1.165) is 11.1 Å². The van der Waals surface area contributed by atoms with Crippen LogP contribution in [0.2, 0.25) is 0 Å². The predicted molar refractivity (Wildman–Crippen MR) is 60.0 cm³/mol. The lowest BCUT2D eigenvalue weighted by molar-refractivity contribution is 0.571. The molecule has 0 aliphatic heterocycles. The average molecular weight is 198 g/mol. The molecule has 0 saturated heterocycles. The van der Waals surface area contributed by atoms with Crippen LogP contribution in [-0.2, 0) is 0 Å². The summed E-state index contributed by atoms with van der Waals surface area (Å²) >= 11 is 0. The molecule has 0 spiro atoms. The molecule has 15 heavy (non-hydrogen) atoms. The lowest BCUT2D eigenvalue weighted by Gasteiger charge is -2.07. The smallest absolute Gasteiger partial charge is 0.102 e. The number of hydrogen-bond acceptors (Lipinski definition) is 2. The van der Waals surface area contributed by atoms with Crippen molar-refractivity contribution >= 4 is 0 Å². The number of aromatic nitrogens is 1. The summed E-state index contributed by atoms with van der Waals surface area (Å²) in [6, 6.07) is 2.11. The molecule has 0 fully saturated rings. The molecule has 0 radical (unpaired) electrons. The summed E-state index contributed by atoms with van der Waals surface area (Å²) in [5, 5.41) is 8.91. The summed E-state index contributed by atoms with van der Waals surface area (Å²) in [6.45, 7) is 8.05. The number of rotatable bonds is 0. The van der Waals surface area contributed by atoms with Crippen LogP contribution in [0.1, 0.15) is 37.5 Å². The summed E-state index contributed by atoms with van der Waals surface area (Å²) < 4.78 is 0. The lowest BCUT2D eigenvalue weighted by atomic mass is 9.96. The van der Waals surface area contributed by atoms with Gasteiger partial charge in [-0.25, -0.2) is 0 Å².